The van der Waals surface area contributed by atoms with Crippen LogP contribution in [0.5, 0.6) is 0 Å². The molecule has 0 atom stereocenters. The number of nitrogens with zero attached hydrogens (tertiary/aromatic N) is 1. The molecular weight excluding hydrogens is 325 g/mol. The van der Waals surface area contributed by atoms with Crippen LogP contribution in [0.4, 0.5) is 26.7 Å². The van der Waals surface area contributed by atoms with Crippen LogP contribution in [0.1, 0.15) is 5.56 Å². The maximum atomic E-state index is 13.4. The van der Waals surface area contributed by atoms with Gasteiger partial charge in [-0.1, -0.05) is 6.07 Å². The number of carbonyl (C=O) groups is 2. The summed E-state index contributed by atoms with van der Waals surface area (Å²) in [6, 6.07) is 1.66. The van der Waals surface area contributed by atoms with Crippen LogP contribution in [0.2, 0.25) is 0 Å². The van der Waals surface area contributed by atoms with Gasteiger partial charge in [0.25, 0.3) is 0 Å². The molecule has 1 aromatic rings. The first-order chi connectivity index (χ1) is 10.6. The number of halogens is 5. The lowest BCUT2D eigenvalue weighted by molar-refractivity contribution is -0.125. The standard InChI is InChI=1S/C13H14F5N3O2/c1-21(5-8-2-3-9(14)4-10(8)15)6-11(22)20-12(23)19-7-13(16,17)18/h2-4H,5-7H2,1H3,(H2,19,20,22,23). The van der Waals surface area contributed by atoms with E-state index in [2.05, 4.69) is 0 Å². The van der Waals surface area contributed by atoms with E-state index in [0.717, 1.165) is 6.07 Å². The number of alkyl halides is 3. The van der Waals surface area contributed by atoms with E-state index in [-0.39, 0.29) is 18.7 Å². The molecule has 0 saturated carbocycles. The number of carbonyl (C=O) groups excluding carboxylic acids is 2. The summed E-state index contributed by atoms with van der Waals surface area (Å²) >= 11 is 0. The summed E-state index contributed by atoms with van der Waals surface area (Å²) in [4.78, 5) is 23.8. The summed E-state index contributed by atoms with van der Waals surface area (Å²) in [5.74, 6) is -2.40. The molecule has 0 saturated heterocycles. The zero-order valence-electron chi connectivity index (χ0n) is 12.0. The van der Waals surface area contributed by atoms with Gasteiger partial charge in [0.2, 0.25) is 5.91 Å². The van der Waals surface area contributed by atoms with Crippen molar-refractivity contribution in [3.05, 3.63) is 35.4 Å². The molecule has 10 heteroatoms. The molecule has 0 aliphatic heterocycles. The van der Waals surface area contributed by atoms with Crippen molar-refractivity contribution in [1.29, 1.82) is 0 Å². The highest BCUT2D eigenvalue weighted by Crippen LogP contribution is 2.12. The molecule has 0 spiro atoms. The van der Waals surface area contributed by atoms with Crippen molar-refractivity contribution in [2.45, 2.75) is 12.7 Å². The average Bonchev–Trinajstić information content (AvgIpc) is 2.38. The second-order valence-corrected chi connectivity index (χ2v) is 4.75. The van der Waals surface area contributed by atoms with Crippen molar-refractivity contribution >= 4 is 11.9 Å². The largest absolute Gasteiger partial charge is 0.405 e. The quantitative estimate of drug-likeness (QED) is 0.804. The summed E-state index contributed by atoms with van der Waals surface area (Å²) in [7, 11) is 1.43. The predicted molar refractivity (Wildman–Crippen MR) is 70.3 cm³/mol. The Labute approximate surface area is 128 Å². The van der Waals surface area contributed by atoms with Crippen LogP contribution in [0, 0.1) is 11.6 Å². The van der Waals surface area contributed by atoms with Gasteiger partial charge < -0.3 is 5.32 Å². The SMILES string of the molecule is CN(CC(=O)NC(=O)NCC(F)(F)F)Cc1ccc(F)cc1F. The zero-order chi connectivity index (χ0) is 17.6. The lowest BCUT2D eigenvalue weighted by Crippen LogP contribution is -2.46. The minimum atomic E-state index is -4.59. The molecule has 0 heterocycles. The lowest BCUT2D eigenvalue weighted by Gasteiger charge is -2.16. The van der Waals surface area contributed by atoms with E-state index in [1.807, 2.05) is 0 Å². The van der Waals surface area contributed by atoms with Crippen molar-refractivity contribution in [2.24, 2.45) is 0 Å². The Bertz CT molecular complexity index is 577. The maximum Gasteiger partial charge on any atom is 0.405 e. The van der Waals surface area contributed by atoms with Gasteiger partial charge in [-0.2, -0.15) is 13.2 Å². The van der Waals surface area contributed by atoms with Crippen LogP contribution >= 0.6 is 0 Å². The number of hydrogen-bond acceptors (Lipinski definition) is 3. The second-order valence-electron chi connectivity index (χ2n) is 4.75. The Morgan fingerprint density at radius 2 is 1.87 bits per heavy atom. The molecule has 1 aromatic carbocycles. The molecule has 0 fully saturated rings. The number of hydrogen-bond donors (Lipinski definition) is 2. The van der Waals surface area contributed by atoms with E-state index in [1.165, 1.54) is 23.3 Å². The molecular formula is C13H14F5N3O2. The third-order valence-corrected chi connectivity index (χ3v) is 2.57. The van der Waals surface area contributed by atoms with Crippen molar-refractivity contribution in [3.63, 3.8) is 0 Å². The van der Waals surface area contributed by atoms with Crippen molar-refractivity contribution in [1.82, 2.24) is 15.5 Å². The molecule has 2 N–H and O–H groups in total. The lowest BCUT2D eigenvalue weighted by atomic mass is 10.2. The highest BCUT2D eigenvalue weighted by atomic mass is 19.4. The summed E-state index contributed by atoms with van der Waals surface area (Å²) in [6.45, 7) is -1.98. The van der Waals surface area contributed by atoms with Crippen LogP contribution in [0.25, 0.3) is 0 Å². The van der Waals surface area contributed by atoms with E-state index < -0.39 is 36.3 Å². The van der Waals surface area contributed by atoms with E-state index in [9.17, 15) is 31.5 Å². The zero-order valence-corrected chi connectivity index (χ0v) is 12.0. The summed E-state index contributed by atoms with van der Waals surface area (Å²) in [5.41, 5.74) is 0.128. The van der Waals surface area contributed by atoms with Gasteiger partial charge in [0.05, 0.1) is 6.54 Å². The Morgan fingerprint density at radius 3 is 2.43 bits per heavy atom. The topological polar surface area (TPSA) is 61.4 Å². The monoisotopic (exact) mass is 339 g/mol. The van der Waals surface area contributed by atoms with Gasteiger partial charge in [-0.25, -0.2) is 13.6 Å². The van der Waals surface area contributed by atoms with Crippen LogP contribution in [-0.4, -0.2) is 43.2 Å². The third-order valence-electron chi connectivity index (χ3n) is 2.57. The number of benzene rings is 1. The summed E-state index contributed by atoms with van der Waals surface area (Å²) in [6.07, 6.45) is -4.59. The van der Waals surface area contributed by atoms with Crippen molar-refractivity contribution in [3.8, 4) is 0 Å². The Morgan fingerprint density at radius 1 is 1.22 bits per heavy atom. The van der Waals surface area contributed by atoms with Gasteiger partial charge in [-0.15, -0.1) is 0 Å². The van der Waals surface area contributed by atoms with Gasteiger partial charge in [0, 0.05) is 18.2 Å². The minimum Gasteiger partial charge on any atom is -0.329 e. The molecule has 0 bridgehead atoms. The van der Waals surface area contributed by atoms with Crippen molar-refractivity contribution in [2.75, 3.05) is 20.1 Å². The Balaban J connectivity index is 2.43. The molecule has 0 radical (unpaired) electrons. The molecule has 5 nitrogen and oxygen atoms in total. The first-order valence-corrected chi connectivity index (χ1v) is 6.34. The highest BCUT2D eigenvalue weighted by Gasteiger charge is 2.28. The van der Waals surface area contributed by atoms with Gasteiger partial charge in [-0.3, -0.25) is 15.0 Å². The summed E-state index contributed by atoms with van der Waals surface area (Å²) in [5, 5.41) is 3.18. The molecule has 0 aliphatic carbocycles. The van der Waals surface area contributed by atoms with Gasteiger partial charge in [0.1, 0.15) is 18.2 Å². The number of imide groups is 1. The molecule has 0 unspecified atom stereocenters. The van der Waals surface area contributed by atoms with Gasteiger partial charge in [0.15, 0.2) is 0 Å². The number of nitrogens with one attached hydrogen (secondary N) is 2. The molecule has 0 aromatic heterocycles. The molecule has 128 valence electrons. The first kappa shape index (κ1) is 18.8. The van der Waals surface area contributed by atoms with E-state index >= 15 is 0 Å². The molecule has 23 heavy (non-hydrogen) atoms. The normalized spacial score (nSPS) is 11.4. The first-order valence-electron chi connectivity index (χ1n) is 6.34. The number of rotatable bonds is 5. The Hall–Kier alpha value is -2.23. The fourth-order valence-electron chi connectivity index (χ4n) is 1.63. The smallest absolute Gasteiger partial charge is 0.329 e. The average molecular weight is 339 g/mol. The van der Waals surface area contributed by atoms with E-state index in [1.54, 1.807) is 5.32 Å². The molecule has 3 amide bonds. The fourth-order valence-corrected chi connectivity index (χ4v) is 1.63. The number of urea groups is 1. The number of amides is 3. The van der Waals surface area contributed by atoms with E-state index in [4.69, 9.17) is 0 Å². The maximum absolute atomic E-state index is 13.4. The van der Waals surface area contributed by atoms with Crippen LogP contribution in [0.3, 0.4) is 0 Å². The number of likely N-dealkylation sites (N-methyl/N-ethyl adjacent to an activating group) is 1. The third kappa shape index (κ3) is 7.54. The minimum absolute atomic E-state index is 0.0519. The van der Waals surface area contributed by atoms with Crippen LogP contribution in [0.15, 0.2) is 18.2 Å². The van der Waals surface area contributed by atoms with Crippen LogP contribution in [-0.2, 0) is 11.3 Å². The Kier molecular flexibility index (Phi) is 6.43. The van der Waals surface area contributed by atoms with Crippen molar-refractivity contribution < 1.29 is 31.5 Å². The predicted octanol–water partition coefficient (Wildman–Crippen LogP) is 1.78. The second kappa shape index (κ2) is 7.86. The van der Waals surface area contributed by atoms with Gasteiger partial charge in [-0.05, 0) is 13.1 Å². The van der Waals surface area contributed by atoms with Gasteiger partial charge >= 0.3 is 12.2 Å². The fraction of sp³-hybridized carbons (Fsp3) is 0.385. The summed E-state index contributed by atoms with van der Waals surface area (Å²) < 4.78 is 61.8. The molecule has 1 rings (SSSR count). The molecule has 0 aliphatic rings. The van der Waals surface area contributed by atoms with Crippen LogP contribution < -0.4 is 10.6 Å². The van der Waals surface area contributed by atoms with E-state index in [0.29, 0.717) is 6.07 Å². The highest BCUT2D eigenvalue weighted by molar-refractivity contribution is 5.95.